The van der Waals surface area contributed by atoms with E-state index in [0.717, 1.165) is 11.4 Å². The molecular weight excluding hydrogens is 318 g/mol. The molecule has 0 spiro atoms. The lowest BCUT2D eigenvalue weighted by molar-refractivity contribution is -0.384. The van der Waals surface area contributed by atoms with Crippen LogP contribution in [0.25, 0.3) is 5.82 Å². The molecular formula is C15H12ClN5O2. The van der Waals surface area contributed by atoms with Gasteiger partial charge in [-0.2, -0.15) is 0 Å². The zero-order valence-corrected chi connectivity index (χ0v) is 12.6. The van der Waals surface area contributed by atoms with Gasteiger partial charge in [0, 0.05) is 37.3 Å². The molecule has 116 valence electrons. The number of aromatic nitrogens is 3. The quantitative estimate of drug-likeness (QED) is 0.572. The van der Waals surface area contributed by atoms with Crippen LogP contribution in [-0.4, -0.2) is 19.5 Å². The van der Waals surface area contributed by atoms with E-state index in [1.807, 2.05) is 22.9 Å². The normalized spacial score (nSPS) is 10.5. The number of nitro groups is 1. The van der Waals surface area contributed by atoms with Crippen molar-refractivity contribution >= 4 is 23.0 Å². The maximum absolute atomic E-state index is 10.7. The number of hydrogen-bond acceptors (Lipinski definition) is 5. The second-order valence-electron chi connectivity index (χ2n) is 4.77. The Morgan fingerprint density at radius 1 is 1.26 bits per heavy atom. The highest BCUT2D eigenvalue weighted by atomic mass is 35.5. The maximum atomic E-state index is 10.7. The van der Waals surface area contributed by atoms with Gasteiger partial charge < -0.3 is 5.32 Å². The third-order valence-electron chi connectivity index (χ3n) is 3.23. The van der Waals surface area contributed by atoms with Crippen LogP contribution in [0.5, 0.6) is 0 Å². The average molecular weight is 330 g/mol. The minimum Gasteiger partial charge on any atom is -0.380 e. The largest absolute Gasteiger partial charge is 0.380 e. The molecule has 0 unspecified atom stereocenters. The number of imidazole rings is 1. The van der Waals surface area contributed by atoms with Crippen LogP contribution >= 0.6 is 11.6 Å². The highest BCUT2D eigenvalue weighted by molar-refractivity contribution is 6.33. The Labute approximate surface area is 136 Å². The molecule has 1 aromatic carbocycles. The summed E-state index contributed by atoms with van der Waals surface area (Å²) in [6.07, 6.45) is 6.88. The van der Waals surface area contributed by atoms with Gasteiger partial charge in [-0.3, -0.25) is 14.7 Å². The molecule has 2 aromatic heterocycles. The molecule has 7 nitrogen and oxygen atoms in total. The third-order valence-corrected chi connectivity index (χ3v) is 3.54. The Hall–Kier alpha value is -2.93. The number of nitrogens with zero attached hydrogens (tertiary/aromatic N) is 4. The third kappa shape index (κ3) is 3.46. The van der Waals surface area contributed by atoms with E-state index in [4.69, 9.17) is 11.6 Å². The molecule has 0 amide bonds. The molecule has 0 bridgehead atoms. The number of halogens is 1. The molecule has 8 heteroatoms. The molecule has 0 saturated carbocycles. The summed E-state index contributed by atoms with van der Waals surface area (Å²) in [6.45, 7) is 0.516. The summed E-state index contributed by atoms with van der Waals surface area (Å²) in [6, 6.07) is 8.14. The van der Waals surface area contributed by atoms with Gasteiger partial charge in [-0.25, -0.2) is 9.97 Å². The van der Waals surface area contributed by atoms with E-state index in [2.05, 4.69) is 15.3 Å². The molecule has 0 saturated heterocycles. The van der Waals surface area contributed by atoms with E-state index in [-0.39, 0.29) is 5.69 Å². The summed E-state index contributed by atoms with van der Waals surface area (Å²) >= 11 is 6.06. The Morgan fingerprint density at radius 2 is 2.13 bits per heavy atom. The Bertz CT molecular complexity index is 836. The number of nitro benzene ring substituents is 1. The van der Waals surface area contributed by atoms with Gasteiger partial charge in [0.15, 0.2) is 0 Å². The fraction of sp³-hybridized carbons (Fsp3) is 0.0667. The molecule has 3 rings (SSSR count). The lowest BCUT2D eigenvalue weighted by Crippen LogP contribution is -2.02. The molecule has 23 heavy (non-hydrogen) atoms. The SMILES string of the molecule is O=[N+]([O-])c1ccc(NCc2ccnc(-n3ccnc3)c2)c(Cl)c1. The summed E-state index contributed by atoms with van der Waals surface area (Å²) in [7, 11) is 0. The van der Waals surface area contributed by atoms with Crippen molar-refractivity contribution in [2.75, 3.05) is 5.32 Å². The van der Waals surface area contributed by atoms with E-state index in [1.165, 1.54) is 12.1 Å². The van der Waals surface area contributed by atoms with E-state index in [1.54, 1.807) is 24.8 Å². The van der Waals surface area contributed by atoms with Gasteiger partial charge >= 0.3 is 0 Å². The molecule has 2 heterocycles. The van der Waals surface area contributed by atoms with Crippen LogP contribution in [0.3, 0.4) is 0 Å². The number of hydrogen-bond donors (Lipinski definition) is 1. The first-order valence-electron chi connectivity index (χ1n) is 6.74. The van der Waals surface area contributed by atoms with E-state index < -0.39 is 4.92 Å². The van der Waals surface area contributed by atoms with Gasteiger partial charge in [0.05, 0.1) is 15.6 Å². The van der Waals surface area contributed by atoms with Gasteiger partial charge in [0.1, 0.15) is 12.1 Å². The van der Waals surface area contributed by atoms with Crippen LogP contribution in [0.15, 0.2) is 55.2 Å². The monoisotopic (exact) mass is 329 g/mol. The van der Waals surface area contributed by atoms with Gasteiger partial charge in [-0.1, -0.05) is 11.6 Å². The number of benzene rings is 1. The van der Waals surface area contributed by atoms with Crippen molar-refractivity contribution in [1.82, 2.24) is 14.5 Å². The Morgan fingerprint density at radius 3 is 2.83 bits per heavy atom. The van der Waals surface area contributed by atoms with E-state index >= 15 is 0 Å². The fourth-order valence-electron chi connectivity index (χ4n) is 2.06. The summed E-state index contributed by atoms with van der Waals surface area (Å²) in [5, 5.41) is 14.2. The van der Waals surface area contributed by atoms with Crippen LogP contribution in [0.1, 0.15) is 5.56 Å². The topological polar surface area (TPSA) is 85.9 Å². The van der Waals surface area contributed by atoms with Crippen molar-refractivity contribution in [1.29, 1.82) is 0 Å². The molecule has 0 radical (unpaired) electrons. The average Bonchev–Trinajstić information content (AvgIpc) is 3.08. The zero-order chi connectivity index (χ0) is 16.2. The van der Waals surface area contributed by atoms with Gasteiger partial charge in [0.2, 0.25) is 0 Å². The van der Waals surface area contributed by atoms with Crippen LogP contribution in [-0.2, 0) is 6.54 Å². The van der Waals surface area contributed by atoms with Crippen molar-refractivity contribution in [3.8, 4) is 5.82 Å². The first-order valence-corrected chi connectivity index (χ1v) is 7.12. The minimum atomic E-state index is -0.476. The summed E-state index contributed by atoms with van der Waals surface area (Å²) < 4.78 is 1.81. The predicted octanol–water partition coefficient (Wildman–Crippen LogP) is 3.44. The maximum Gasteiger partial charge on any atom is 0.271 e. The molecule has 0 aliphatic rings. The Kier molecular flexibility index (Phi) is 4.20. The van der Waals surface area contributed by atoms with Crippen molar-refractivity contribution in [2.45, 2.75) is 6.54 Å². The lowest BCUT2D eigenvalue weighted by atomic mass is 10.2. The van der Waals surface area contributed by atoms with Crippen molar-refractivity contribution in [3.63, 3.8) is 0 Å². The lowest BCUT2D eigenvalue weighted by Gasteiger charge is -2.09. The standard InChI is InChI=1S/C15H12ClN5O2/c16-13-8-12(21(22)23)1-2-14(13)19-9-11-3-4-18-15(7-11)20-6-5-17-10-20/h1-8,10,19H,9H2. The molecule has 0 aliphatic heterocycles. The molecule has 0 atom stereocenters. The highest BCUT2D eigenvalue weighted by Gasteiger charge is 2.09. The van der Waals surface area contributed by atoms with Gasteiger partial charge in [-0.15, -0.1) is 0 Å². The molecule has 3 aromatic rings. The number of nitrogens with one attached hydrogen (secondary N) is 1. The van der Waals surface area contributed by atoms with Gasteiger partial charge in [0.25, 0.3) is 5.69 Å². The van der Waals surface area contributed by atoms with Crippen LogP contribution in [0, 0.1) is 10.1 Å². The minimum absolute atomic E-state index is 0.0353. The Balaban J connectivity index is 1.74. The number of non-ortho nitro benzene ring substituents is 1. The molecule has 1 N–H and O–H groups in total. The smallest absolute Gasteiger partial charge is 0.271 e. The summed E-state index contributed by atoms with van der Waals surface area (Å²) in [5.41, 5.74) is 1.60. The molecule has 0 aliphatic carbocycles. The summed E-state index contributed by atoms with van der Waals surface area (Å²) in [5.74, 6) is 0.761. The first-order chi connectivity index (χ1) is 11.1. The fourth-order valence-corrected chi connectivity index (χ4v) is 2.31. The predicted molar refractivity (Wildman–Crippen MR) is 86.8 cm³/mol. The zero-order valence-electron chi connectivity index (χ0n) is 11.9. The number of pyridine rings is 1. The molecule has 0 fully saturated rings. The van der Waals surface area contributed by atoms with Crippen molar-refractivity contribution in [3.05, 3.63) is 76.0 Å². The highest BCUT2D eigenvalue weighted by Crippen LogP contribution is 2.27. The second kappa shape index (κ2) is 6.45. The van der Waals surface area contributed by atoms with E-state index in [0.29, 0.717) is 17.3 Å². The number of anilines is 1. The second-order valence-corrected chi connectivity index (χ2v) is 5.17. The summed E-state index contributed by atoms with van der Waals surface area (Å²) in [4.78, 5) is 18.5. The van der Waals surface area contributed by atoms with Crippen LogP contribution < -0.4 is 5.32 Å². The van der Waals surface area contributed by atoms with Gasteiger partial charge in [-0.05, 0) is 23.8 Å². The van der Waals surface area contributed by atoms with E-state index in [9.17, 15) is 10.1 Å². The van der Waals surface area contributed by atoms with Crippen LogP contribution in [0.2, 0.25) is 5.02 Å². The number of rotatable bonds is 5. The van der Waals surface area contributed by atoms with Crippen LogP contribution in [0.4, 0.5) is 11.4 Å². The van der Waals surface area contributed by atoms with Crippen molar-refractivity contribution in [2.24, 2.45) is 0 Å². The van der Waals surface area contributed by atoms with Crippen molar-refractivity contribution < 1.29 is 4.92 Å². The first kappa shape index (κ1) is 15.0.